The van der Waals surface area contributed by atoms with E-state index in [1.807, 2.05) is 24.4 Å². The SMILES string of the molecule is CC(C(=O)Nc1ccc(F)cc1)C1(O)CCC(c2ccnc3ccccc23)CC1. The number of amides is 1. The smallest absolute Gasteiger partial charge is 0.230 e. The molecule has 1 amide bonds. The lowest BCUT2D eigenvalue weighted by atomic mass is 9.70. The Morgan fingerprint density at radius 1 is 1.14 bits per heavy atom. The molecule has 0 bridgehead atoms. The lowest BCUT2D eigenvalue weighted by Crippen LogP contribution is -2.45. The van der Waals surface area contributed by atoms with Gasteiger partial charge in [-0.3, -0.25) is 9.78 Å². The van der Waals surface area contributed by atoms with Crippen LogP contribution in [0.1, 0.15) is 44.1 Å². The zero-order valence-electron chi connectivity index (χ0n) is 16.4. The fourth-order valence-corrected chi connectivity index (χ4v) is 4.36. The number of benzene rings is 2. The first-order chi connectivity index (χ1) is 14.0. The molecule has 3 aromatic rings. The van der Waals surface area contributed by atoms with Crippen LogP contribution in [-0.4, -0.2) is 21.6 Å². The number of para-hydroxylation sites is 1. The third-order valence-corrected chi connectivity index (χ3v) is 6.29. The number of anilines is 1. The topological polar surface area (TPSA) is 62.2 Å². The fraction of sp³-hybridized carbons (Fsp3) is 0.333. The summed E-state index contributed by atoms with van der Waals surface area (Å²) in [4.78, 5) is 17.1. The molecule has 0 saturated heterocycles. The summed E-state index contributed by atoms with van der Waals surface area (Å²) in [6, 6.07) is 15.8. The molecule has 1 unspecified atom stereocenters. The average Bonchev–Trinajstić information content (AvgIpc) is 2.75. The van der Waals surface area contributed by atoms with Crippen LogP contribution >= 0.6 is 0 Å². The van der Waals surface area contributed by atoms with E-state index in [4.69, 9.17) is 0 Å². The van der Waals surface area contributed by atoms with Crippen molar-refractivity contribution in [3.8, 4) is 0 Å². The summed E-state index contributed by atoms with van der Waals surface area (Å²) in [5.41, 5.74) is 1.74. The maximum atomic E-state index is 13.1. The summed E-state index contributed by atoms with van der Waals surface area (Å²) in [6.45, 7) is 1.76. The third kappa shape index (κ3) is 4.01. The van der Waals surface area contributed by atoms with Gasteiger partial charge in [-0.25, -0.2) is 4.39 Å². The molecule has 1 aromatic heterocycles. The van der Waals surface area contributed by atoms with Gasteiger partial charge in [-0.2, -0.15) is 0 Å². The number of aliphatic hydroxyl groups is 1. The molecule has 1 aliphatic carbocycles. The standard InChI is InChI=1S/C24H25FN2O2/c1-16(23(28)27-19-8-6-18(25)7-9-19)24(29)13-10-17(11-14-24)20-12-15-26-22-5-3-2-4-21(20)22/h2-9,12,15-17,29H,10-11,13-14H2,1H3,(H,27,28). The second-order valence-electron chi connectivity index (χ2n) is 8.01. The number of hydrogen-bond donors (Lipinski definition) is 2. The Kier molecular flexibility index (Phi) is 5.33. The molecule has 4 nitrogen and oxygen atoms in total. The van der Waals surface area contributed by atoms with E-state index in [0.29, 0.717) is 24.4 Å². The Morgan fingerprint density at radius 3 is 2.55 bits per heavy atom. The van der Waals surface area contributed by atoms with Crippen LogP contribution in [0, 0.1) is 11.7 Å². The number of nitrogens with zero attached hydrogens (tertiary/aromatic N) is 1. The Bertz CT molecular complexity index is 1010. The molecule has 0 radical (unpaired) electrons. The highest BCUT2D eigenvalue weighted by atomic mass is 19.1. The molecule has 0 spiro atoms. The Balaban J connectivity index is 1.44. The van der Waals surface area contributed by atoms with Crippen molar-refractivity contribution in [3.05, 3.63) is 72.2 Å². The van der Waals surface area contributed by atoms with Crippen LogP contribution in [-0.2, 0) is 4.79 Å². The van der Waals surface area contributed by atoms with Crippen molar-refractivity contribution >= 4 is 22.5 Å². The van der Waals surface area contributed by atoms with Crippen LogP contribution in [0.15, 0.2) is 60.8 Å². The number of hydrogen-bond acceptors (Lipinski definition) is 3. The van der Waals surface area contributed by atoms with E-state index in [1.165, 1.54) is 29.8 Å². The lowest BCUT2D eigenvalue weighted by molar-refractivity contribution is -0.131. The minimum atomic E-state index is -1.04. The second-order valence-corrected chi connectivity index (χ2v) is 8.01. The number of carbonyl (C=O) groups excluding carboxylic acids is 1. The van der Waals surface area contributed by atoms with Gasteiger partial charge < -0.3 is 10.4 Å². The van der Waals surface area contributed by atoms with E-state index in [1.54, 1.807) is 6.92 Å². The van der Waals surface area contributed by atoms with Crippen molar-refractivity contribution in [3.63, 3.8) is 0 Å². The number of halogens is 1. The van der Waals surface area contributed by atoms with Crippen LogP contribution in [0.2, 0.25) is 0 Å². The van der Waals surface area contributed by atoms with Crippen LogP contribution in [0.3, 0.4) is 0 Å². The Labute approximate surface area is 169 Å². The zero-order chi connectivity index (χ0) is 20.4. The van der Waals surface area contributed by atoms with Gasteiger partial charge in [-0.1, -0.05) is 25.1 Å². The van der Waals surface area contributed by atoms with Crippen LogP contribution in [0.4, 0.5) is 10.1 Å². The molecule has 150 valence electrons. The largest absolute Gasteiger partial charge is 0.389 e. The van der Waals surface area contributed by atoms with E-state index in [2.05, 4.69) is 22.4 Å². The molecule has 1 saturated carbocycles. The van der Waals surface area contributed by atoms with Crippen LogP contribution < -0.4 is 5.32 Å². The number of rotatable bonds is 4. The zero-order valence-corrected chi connectivity index (χ0v) is 16.4. The van der Waals surface area contributed by atoms with Gasteiger partial charge in [-0.05, 0) is 73.6 Å². The second kappa shape index (κ2) is 7.91. The molecule has 0 aliphatic heterocycles. The third-order valence-electron chi connectivity index (χ3n) is 6.29. The van der Waals surface area contributed by atoms with Gasteiger partial charge in [0, 0.05) is 17.3 Å². The van der Waals surface area contributed by atoms with Gasteiger partial charge in [0.1, 0.15) is 5.82 Å². The maximum Gasteiger partial charge on any atom is 0.230 e. The van der Waals surface area contributed by atoms with Gasteiger partial charge >= 0.3 is 0 Å². The van der Waals surface area contributed by atoms with Crippen molar-refractivity contribution in [2.45, 2.75) is 44.1 Å². The fourth-order valence-electron chi connectivity index (χ4n) is 4.36. The summed E-state index contributed by atoms with van der Waals surface area (Å²) >= 11 is 0. The minimum Gasteiger partial charge on any atom is -0.389 e. The Hall–Kier alpha value is -2.79. The van der Waals surface area contributed by atoms with E-state index in [0.717, 1.165) is 23.7 Å². The first-order valence-corrected chi connectivity index (χ1v) is 10.1. The quantitative estimate of drug-likeness (QED) is 0.654. The summed E-state index contributed by atoms with van der Waals surface area (Å²) in [5.74, 6) is -0.804. The molecular formula is C24H25FN2O2. The van der Waals surface area contributed by atoms with Crippen molar-refractivity contribution in [2.75, 3.05) is 5.32 Å². The predicted octanol–water partition coefficient (Wildman–Crippen LogP) is 5.04. The first-order valence-electron chi connectivity index (χ1n) is 10.1. The van der Waals surface area contributed by atoms with Gasteiger partial charge in [-0.15, -0.1) is 0 Å². The van der Waals surface area contributed by atoms with Crippen molar-refractivity contribution in [1.29, 1.82) is 0 Å². The summed E-state index contributed by atoms with van der Waals surface area (Å²) in [6.07, 6.45) is 4.60. The van der Waals surface area contributed by atoms with E-state index in [9.17, 15) is 14.3 Å². The molecule has 2 N–H and O–H groups in total. The van der Waals surface area contributed by atoms with Gasteiger partial charge in [0.2, 0.25) is 5.91 Å². The van der Waals surface area contributed by atoms with Crippen LogP contribution in [0.25, 0.3) is 10.9 Å². The summed E-state index contributed by atoms with van der Waals surface area (Å²) in [5, 5.41) is 15.1. The van der Waals surface area contributed by atoms with Crippen molar-refractivity contribution < 1.29 is 14.3 Å². The first kappa shape index (κ1) is 19.5. The molecule has 1 aliphatic rings. The lowest BCUT2D eigenvalue weighted by Gasteiger charge is -2.40. The van der Waals surface area contributed by atoms with Gasteiger partial charge in [0.15, 0.2) is 0 Å². The maximum absolute atomic E-state index is 13.1. The normalized spacial score (nSPS) is 22.9. The van der Waals surface area contributed by atoms with Gasteiger partial charge in [0.05, 0.1) is 17.0 Å². The highest BCUT2D eigenvalue weighted by Crippen LogP contribution is 2.43. The highest BCUT2D eigenvalue weighted by Gasteiger charge is 2.41. The number of fused-ring (bicyclic) bond motifs is 1. The summed E-state index contributed by atoms with van der Waals surface area (Å²) in [7, 11) is 0. The predicted molar refractivity (Wildman–Crippen MR) is 112 cm³/mol. The van der Waals surface area contributed by atoms with Crippen LogP contribution in [0.5, 0.6) is 0 Å². The van der Waals surface area contributed by atoms with E-state index < -0.39 is 11.5 Å². The number of carbonyl (C=O) groups is 1. The Morgan fingerprint density at radius 2 is 1.83 bits per heavy atom. The average molecular weight is 392 g/mol. The number of pyridine rings is 1. The number of aromatic nitrogens is 1. The number of nitrogens with one attached hydrogen (secondary N) is 1. The van der Waals surface area contributed by atoms with E-state index in [-0.39, 0.29) is 11.7 Å². The molecule has 2 aromatic carbocycles. The minimum absolute atomic E-state index is 0.244. The summed E-state index contributed by atoms with van der Waals surface area (Å²) < 4.78 is 13.1. The molecular weight excluding hydrogens is 367 g/mol. The molecule has 1 heterocycles. The molecule has 1 fully saturated rings. The molecule has 4 rings (SSSR count). The van der Waals surface area contributed by atoms with E-state index >= 15 is 0 Å². The van der Waals surface area contributed by atoms with Gasteiger partial charge in [0.25, 0.3) is 0 Å². The van der Waals surface area contributed by atoms with Crippen molar-refractivity contribution in [1.82, 2.24) is 4.98 Å². The molecule has 1 atom stereocenters. The monoisotopic (exact) mass is 392 g/mol. The molecule has 5 heteroatoms. The van der Waals surface area contributed by atoms with Crippen molar-refractivity contribution in [2.24, 2.45) is 5.92 Å². The molecule has 29 heavy (non-hydrogen) atoms. The highest BCUT2D eigenvalue weighted by molar-refractivity contribution is 5.93.